The Kier molecular flexibility index (Phi) is 2.37. The number of para-hydroxylation sites is 1. The van der Waals surface area contributed by atoms with Crippen LogP contribution in [0.2, 0.25) is 0 Å². The first-order chi connectivity index (χ1) is 6.79. The minimum absolute atomic E-state index is 0.485. The van der Waals surface area contributed by atoms with Crippen molar-refractivity contribution in [2.24, 2.45) is 0 Å². The van der Waals surface area contributed by atoms with Gasteiger partial charge in [0.25, 0.3) is 0 Å². The second kappa shape index (κ2) is 3.68. The Morgan fingerprint density at radius 2 is 1.93 bits per heavy atom. The topological polar surface area (TPSA) is 29.5 Å². The quantitative estimate of drug-likeness (QED) is 0.721. The third-order valence-electron chi connectivity index (χ3n) is 2.05. The van der Waals surface area contributed by atoms with Gasteiger partial charge < -0.3 is 9.84 Å². The summed E-state index contributed by atoms with van der Waals surface area (Å²) in [6.45, 7) is 0. The van der Waals surface area contributed by atoms with Gasteiger partial charge in [-0.3, -0.25) is 0 Å². The van der Waals surface area contributed by atoms with E-state index in [0.717, 1.165) is 0 Å². The summed E-state index contributed by atoms with van der Waals surface area (Å²) in [7, 11) is 0. The zero-order valence-corrected chi connectivity index (χ0v) is 7.76. The summed E-state index contributed by atoms with van der Waals surface area (Å²) in [5, 5.41) is 9.96. The third-order valence-corrected chi connectivity index (χ3v) is 2.05. The summed E-state index contributed by atoms with van der Waals surface area (Å²) in [5.41, 5.74) is 0. The molecule has 1 atom stereocenters. The molecule has 2 heteroatoms. The van der Waals surface area contributed by atoms with Crippen molar-refractivity contribution in [1.82, 2.24) is 0 Å². The number of benzene rings is 1. The Bertz CT molecular complexity index is 354. The summed E-state index contributed by atoms with van der Waals surface area (Å²) >= 11 is 0. The van der Waals surface area contributed by atoms with Crippen molar-refractivity contribution < 1.29 is 9.84 Å². The lowest BCUT2D eigenvalue weighted by Crippen LogP contribution is -2.33. The van der Waals surface area contributed by atoms with E-state index in [-0.39, 0.29) is 0 Å². The normalized spacial score (nSPS) is 24.9. The molecule has 1 aromatic carbocycles. The van der Waals surface area contributed by atoms with Gasteiger partial charge in [-0.05, 0) is 18.2 Å². The molecule has 0 saturated carbocycles. The van der Waals surface area contributed by atoms with Crippen LogP contribution in [-0.4, -0.2) is 10.9 Å². The van der Waals surface area contributed by atoms with Gasteiger partial charge >= 0.3 is 0 Å². The van der Waals surface area contributed by atoms with Gasteiger partial charge in [-0.2, -0.15) is 0 Å². The fourth-order valence-electron chi connectivity index (χ4n) is 1.36. The zero-order valence-electron chi connectivity index (χ0n) is 7.76. The SMILES string of the molecule is OC1(Oc2ccccc2)C=CC=CC1. The highest BCUT2D eigenvalue weighted by Crippen LogP contribution is 2.22. The van der Waals surface area contributed by atoms with E-state index in [9.17, 15) is 5.11 Å². The maximum absolute atomic E-state index is 9.96. The van der Waals surface area contributed by atoms with Crippen molar-refractivity contribution in [3.8, 4) is 5.75 Å². The van der Waals surface area contributed by atoms with Crippen molar-refractivity contribution in [3.05, 3.63) is 54.6 Å². The van der Waals surface area contributed by atoms with Gasteiger partial charge in [-0.15, -0.1) is 0 Å². The highest BCUT2D eigenvalue weighted by molar-refractivity contribution is 5.24. The van der Waals surface area contributed by atoms with E-state index in [0.29, 0.717) is 12.2 Å². The molecule has 0 fully saturated rings. The Labute approximate surface area is 83.1 Å². The molecule has 1 aliphatic carbocycles. The lowest BCUT2D eigenvalue weighted by atomic mass is 10.1. The molecule has 0 aromatic heterocycles. The summed E-state index contributed by atoms with van der Waals surface area (Å²) < 4.78 is 5.46. The number of allylic oxidation sites excluding steroid dienone is 2. The van der Waals surface area contributed by atoms with Crippen LogP contribution in [0.25, 0.3) is 0 Å². The first-order valence-corrected chi connectivity index (χ1v) is 4.59. The summed E-state index contributed by atoms with van der Waals surface area (Å²) in [6, 6.07) is 9.31. The molecular formula is C12H12O2. The molecule has 2 rings (SSSR count). The van der Waals surface area contributed by atoms with E-state index in [1.165, 1.54) is 0 Å². The molecule has 2 nitrogen and oxygen atoms in total. The fraction of sp³-hybridized carbons (Fsp3) is 0.167. The maximum Gasteiger partial charge on any atom is 0.231 e. The standard InChI is InChI=1S/C12H12O2/c13-12(9-5-2-6-10-12)14-11-7-3-1-4-8-11/h1-9,13H,10H2. The second-order valence-electron chi connectivity index (χ2n) is 3.25. The molecule has 1 N–H and O–H groups in total. The van der Waals surface area contributed by atoms with Gasteiger partial charge in [0.05, 0.1) is 0 Å². The van der Waals surface area contributed by atoms with Crippen molar-refractivity contribution in [2.75, 3.05) is 0 Å². The molecule has 0 amide bonds. The molecule has 1 aliphatic rings. The number of rotatable bonds is 2. The van der Waals surface area contributed by atoms with Crippen LogP contribution in [0.4, 0.5) is 0 Å². The van der Waals surface area contributed by atoms with Crippen LogP contribution in [0.1, 0.15) is 6.42 Å². The fourth-order valence-corrected chi connectivity index (χ4v) is 1.36. The average molecular weight is 188 g/mol. The van der Waals surface area contributed by atoms with Gasteiger partial charge in [0.2, 0.25) is 5.79 Å². The number of hydrogen-bond acceptors (Lipinski definition) is 2. The Balaban J connectivity index is 2.11. The van der Waals surface area contributed by atoms with E-state index in [1.807, 2.05) is 42.5 Å². The summed E-state index contributed by atoms with van der Waals surface area (Å²) in [5.74, 6) is -0.509. The number of aliphatic hydroxyl groups is 1. The molecule has 72 valence electrons. The first kappa shape index (κ1) is 9.03. The van der Waals surface area contributed by atoms with Crippen LogP contribution in [0.3, 0.4) is 0 Å². The van der Waals surface area contributed by atoms with Gasteiger partial charge in [0, 0.05) is 6.42 Å². The highest BCUT2D eigenvalue weighted by atomic mass is 16.6. The van der Waals surface area contributed by atoms with E-state index < -0.39 is 5.79 Å². The van der Waals surface area contributed by atoms with Crippen molar-refractivity contribution in [1.29, 1.82) is 0 Å². The van der Waals surface area contributed by atoms with Crippen LogP contribution in [0, 0.1) is 0 Å². The molecular weight excluding hydrogens is 176 g/mol. The smallest absolute Gasteiger partial charge is 0.231 e. The van der Waals surface area contributed by atoms with Crippen LogP contribution in [0.15, 0.2) is 54.6 Å². The molecule has 0 saturated heterocycles. The van der Waals surface area contributed by atoms with Gasteiger partial charge in [0.1, 0.15) is 5.75 Å². The number of ether oxygens (including phenoxy) is 1. The predicted molar refractivity (Wildman–Crippen MR) is 54.9 cm³/mol. The average Bonchev–Trinajstić information content (AvgIpc) is 2.19. The van der Waals surface area contributed by atoms with Crippen molar-refractivity contribution in [2.45, 2.75) is 12.2 Å². The molecule has 0 spiro atoms. The van der Waals surface area contributed by atoms with E-state index in [2.05, 4.69) is 0 Å². The largest absolute Gasteiger partial charge is 0.459 e. The van der Waals surface area contributed by atoms with Gasteiger partial charge in [0.15, 0.2) is 0 Å². The molecule has 0 radical (unpaired) electrons. The van der Waals surface area contributed by atoms with E-state index in [1.54, 1.807) is 12.2 Å². The highest BCUT2D eigenvalue weighted by Gasteiger charge is 2.25. The Morgan fingerprint density at radius 1 is 1.14 bits per heavy atom. The van der Waals surface area contributed by atoms with Crippen LogP contribution < -0.4 is 4.74 Å². The Hall–Kier alpha value is -1.54. The molecule has 0 aliphatic heterocycles. The van der Waals surface area contributed by atoms with Crippen LogP contribution in [-0.2, 0) is 0 Å². The van der Waals surface area contributed by atoms with Gasteiger partial charge in [-0.1, -0.05) is 36.4 Å². The minimum Gasteiger partial charge on any atom is -0.459 e. The van der Waals surface area contributed by atoms with Crippen molar-refractivity contribution in [3.63, 3.8) is 0 Å². The first-order valence-electron chi connectivity index (χ1n) is 4.59. The number of hydrogen-bond donors (Lipinski definition) is 1. The zero-order chi connectivity index (χ0) is 9.86. The van der Waals surface area contributed by atoms with Crippen molar-refractivity contribution >= 4 is 0 Å². The molecule has 0 bridgehead atoms. The summed E-state index contributed by atoms with van der Waals surface area (Å²) in [4.78, 5) is 0. The monoisotopic (exact) mass is 188 g/mol. The lowest BCUT2D eigenvalue weighted by molar-refractivity contribution is -0.0918. The van der Waals surface area contributed by atoms with E-state index >= 15 is 0 Å². The maximum atomic E-state index is 9.96. The van der Waals surface area contributed by atoms with Crippen LogP contribution in [0.5, 0.6) is 5.75 Å². The van der Waals surface area contributed by atoms with Crippen LogP contribution >= 0.6 is 0 Å². The third kappa shape index (κ3) is 2.03. The molecule has 1 aromatic rings. The molecule has 14 heavy (non-hydrogen) atoms. The van der Waals surface area contributed by atoms with E-state index in [4.69, 9.17) is 4.74 Å². The lowest BCUT2D eigenvalue weighted by Gasteiger charge is -2.26. The van der Waals surface area contributed by atoms with Gasteiger partial charge in [-0.25, -0.2) is 0 Å². The minimum atomic E-state index is -1.18. The summed E-state index contributed by atoms with van der Waals surface area (Å²) in [6.07, 6.45) is 7.69. The second-order valence-corrected chi connectivity index (χ2v) is 3.25. The predicted octanol–water partition coefficient (Wildman–Crippen LogP) is 2.27. The molecule has 1 unspecified atom stereocenters. The Morgan fingerprint density at radius 3 is 2.57 bits per heavy atom. The molecule has 0 heterocycles.